The molecule has 19 heavy (non-hydrogen) atoms. The van der Waals surface area contributed by atoms with Crippen molar-refractivity contribution in [3.63, 3.8) is 0 Å². The molecule has 3 rings (SSSR count). The molecule has 1 aromatic rings. The molecule has 2 amide bonds. The number of carbonyl (C=O) groups excluding carboxylic acids is 2. The average molecular weight is 256 g/mol. The number of hydrogen-bond acceptors (Lipinski definition) is 2. The second-order valence-electron chi connectivity index (χ2n) is 5.16. The number of nitrogens with one attached hydrogen (secondary N) is 1. The summed E-state index contributed by atoms with van der Waals surface area (Å²) in [6.07, 6.45) is 3.47. The van der Waals surface area contributed by atoms with Crippen LogP contribution in [0.15, 0.2) is 29.8 Å². The van der Waals surface area contributed by atoms with Gasteiger partial charge in [-0.3, -0.25) is 9.59 Å². The predicted molar refractivity (Wildman–Crippen MR) is 73.1 cm³/mol. The number of amides is 2. The lowest BCUT2D eigenvalue weighted by Gasteiger charge is -2.26. The Hall–Kier alpha value is -2.10. The highest BCUT2D eigenvalue weighted by molar-refractivity contribution is 6.01. The molecule has 0 saturated carbocycles. The summed E-state index contributed by atoms with van der Waals surface area (Å²) >= 11 is 0. The molecule has 0 spiro atoms. The van der Waals surface area contributed by atoms with E-state index in [-0.39, 0.29) is 11.8 Å². The van der Waals surface area contributed by atoms with E-state index < -0.39 is 0 Å². The maximum Gasteiger partial charge on any atom is 0.254 e. The van der Waals surface area contributed by atoms with Crippen LogP contribution in [-0.4, -0.2) is 29.8 Å². The van der Waals surface area contributed by atoms with Crippen molar-refractivity contribution in [2.45, 2.75) is 19.8 Å². The summed E-state index contributed by atoms with van der Waals surface area (Å²) in [6.45, 7) is 3.52. The molecule has 2 aliphatic rings. The molecule has 0 aliphatic carbocycles. The van der Waals surface area contributed by atoms with Crippen LogP contribution in [0.5, 0.6) is 0 Å². The Morgan fingerprint density at radius 1 is 1.37 bits per heavy atom. The van der Waals surface area contributed by atoms with Gasteiger partial charge in [0.05, 0.1) is 6.42 Å². The molecule has 0 aromatic heterocycles. The molecule has 0 fully saturated rings. The standard InChI is InChI=1S/C15H16N2O2/c1-10-3-2-6-17(9-10)15(19)11-4-5-13-12(7-11)8-14(18)16-13/h3-5,7H,2,6,8-9H2,1H3,(H,16,18). The first-order valence-corrected chi connectivity index (χ1v) is 6.51. The SMILES string of the molecule is CC1=CCCN(C(=O)c2ccc3c(c2)CC(=O)N3)C1. The molecule has 0 unspecified atom stereocenters. The maximum absolute atomic E-state index is 12.4. The highest BCUT2D eigenvalue weighted by atomic mass is 16.2. The highest BCUT2D eigenvalue weighted by Crippen LogP contribution is 2.25. The normalized spacial score (nSPS) is 17.8. The number of nitrogens with zero attached hydrogens (tertiary/aromatic N) is 1. The van der Waals surface area contributed by atoms with E-state index in [1.165, 1.54) is 5.57 Å². The Bertz CT molecular complexity index is 590. The molecule has 0 atom stereocenters. The second kappa shape index (κ2) is 4.53. The third-order valence-electron chi connectivity index (χ3n) is 3.60. The van der Waals surface area contributed by atoms with E-state index in [1.807, 2.05) is 24.0 Å². The van der Waals surface area contributed by atoms with Crippen molar-refractivity contribution in [3.05, 3.63) is 41.0 Å². The number of anilines is 1. The Morgan fingerprint density at radius 3 is 3.00 bits per heavy atom. The fourth-order valence-electron chi connectivity index (χ4n) is 2.63. The maximum atomic E-state index is 12.4. The van der Waals surface area contributed by atoms with E-state index in [0.717, 1.165) is 24.2 Å². The van der Waals surface area contributed by atoms with Crippen LogP contribution in [-0.2, 0) is 11.2 Å². The summed E-state index contributed by atoms with van der Waals surface area (Å²) < 4.78 is 0. The van der Waals surface area contributed by atoms with Gasteiger partial charge in [-0.25, -0.2) is 0 Å². The van der Waals surface area contributed by atoms with Gasteiger partial charge in [0.15, 0.2) is 0 Å². The minimum atomic E-state index is -0.00338. The number of hydrogen-bond donors (Lipinski definition) is 1. The zero-order chi connectivity index (χ0) is 13.4. The molecular weight excluding hydrogens is 240 g/mol. The minimum absolute atomic E-state index is 0.00338. The molecule has 2 aliphatic heterocycles. The first kappa shape index (κ1) is 12.0. The van der Waals surface area contributed by atoms with E-state index >= 15 is 0 Å². The summed E-state index contributed by atoms with van der Waals surface area (Å²) in [6, 6.07) is 5.45. The van der Waals surface area contributed by atoms with Crippen LogP contribution in [0.25, 0.3) is 0 Å². The van der Waals surface area contributed by atoms with Crippen molar-refractivity contribution >= 4 is 17.5 Å². The van der Waals surface area contributed by atoms with Gasteiger partial charge < -0.3 is 10.2 Å². The van der Waals surface area contributed by atoms with Gasteiger partial charge >= 0.3 is 0 Å². The molecule has 4 heteroatoms. The Morgan fingerprint density at radius 2 is 2.21 bits per heavy atom. The fourth-order valence-corrected chi connectivity index (χ4v) is 2.63. The molecule has 2 heterocycles. The van der Waals surface area contributed by atoms with E-state index in [0.29, 0.717) is 18.5 Å². The van der Waals surface area contributed by atoms with E-state index in [2.05, 4.69) is 11.4 Å². The van der Waals surface area contributed by atoms with E-state index in [1.54, 1.807) is 6.07 Å². The van der Waals surface area contributed by atoms with Crippen molar-refractivity contribution < 1.29 is 9.59 Å². The lowest BCUT2D eigenvalue weighted by Crippen LogP contribution is -2.35. The Balaban J connectivity index is 1.83. The van der Waals surface area contributed by atoms with Gasteiger partial charge in [-0.1, -0.05) is 11.6 Å². The molecule has 4 nitrogen and oxygen atoms in total. The quantitative estimate of drug-likeness (QED) is 0.781. The summed E-state index contributed by atoms with van der Waals surface area (Å²) in [5.74, 6) is 0.0472. The summed E-state index contributed by atoms with van der Waals surface area (Å²) in [5, 5.41) is 2.78. The van der Waals surface area contributed by atoms with Gasteiger partial charge in [0.2, 0.25) is 5.91 Å². The molecule has 98 valence electrons. The smallest absolute Gasteiger partial charge is 0.254 e. The van der Waals surface area contributed by atoms with Crippen LogP contribution in [0.4, 0.5) is 5.69 Å². The van der Waals surface area contributed by atoms with Gasteiger partial charge in [-0.15, -0.1) is 0 Å². The number of fused-ring (bicyclic) bond motifs is 1. The fraction of sp³-hybridized carbons (Fsp3) is 0.333. The molecule has 1 aromatic carbocycles. The van der Waals surface area contributed by atoms with Gasteiger partial charge in [0, 0.05) is 24.3 Å². The number of carbonyl (C=O) groups is 2. The lowest BCUT2D eigenvalue weighted by atomic mass is 10.1. The highest BCUT2D eigenvalue weighted by Gasteiger charge is 2.22. The molecular formula is C15H16N2O2. The predicted octanol–water partition coefficient (Wildman–Crippen LogP) is 1.97. The van der Waals surface area contributed by atoms with Crippen molar-refractivity contribution in [2.24, 2.45) is 0 Å². The largest absolute Gasteiger partial charge is 0.334 e. The van der Waals surface area contributed by atoms with Crippen LogP contribution >= 0.6 is 0 Å². The van der Waals surface area contributed by atoms with Crippen LogP contribution in [0.1, 0.15) is 29.3 Å². The van der Waals surface area contributed by atoms with Gasteiger partial charge in [-0.05, 0) is 37.1 Å². The third kappa shape index (κ3) is 2.26. The monoisotopic (exact) mass is 256 g/mol. The van der Waals surface area contributed by atoms with Crippen LogP contribution in [0.3, 0.4) is 0 Å². The summed E-state index contributed by atoms with van der Waals surface area (Å²) in [4.78, 5) is 25.6. The molecule has 0 bridgehead atoms. The number of benzene rings is 1. The summed E-state index contributed by atoms with van der Waals surface area (Å²) in [5.41, 5.74) is 3.65. The van der Waals surface area contributed by atoms with Crippen molar-refractivity contribution in [1.29, 1.82) is 0 Å². The van der Waals surface area contributed by atoms with Crippen molar-refractivity contribution in [1.82, 2.24) is 4.90 Å². The molecule has 0 saturated heterocycles. The topological polar surface area (TPSA) is 49.4 Å². The Labute approximate surface area is 112 Å². The summed E-state index contributed by atoms with van der Waals surface area (Å²) in [7, 11) is 0. The van der Waals surface area contributed by atoms with Crippen LogP contribution in [0, 0.1) is 0 Å². The zero-order valence-electron chi connectivity index (χ0n) is 10.9. The minimum Gasteiger partial charge on any atom is -0.334 e. The van der Waals surface area contributed by atoms with Crippen LogP contribution < -0.4 is 5.32 Å². The average Bonchev–Trinajstić information content (AvgIpc) is 2.76. The van der Waals surface area contributed by atoms with Gasteiger partial charge in [0.1, 0.15) is 0 Å². The van der Waals surface area contributed by atoms with Gasteiger partial charge in [0.25, 0.3) is 5.91 Å². The van der Waals surface area contributed by atoms with Crippen LogP contribution in [0.2, 0.25) is 0 Å². The van der Waals surface area contributed by atoms with Crippen molar-refractivity contribution in [2.75, 3.05) is 18.4 Å². The van der Waals surface area contributed by atoms with E-state index in [4.69, 9.17) is 0 Å². The van der Waals surface area contributed by atoms with E-state index in [9.17, 15) is 9.59 Å². The second-order valence-corrected chi connectivity index (χ2v) is 5.16. The lowest BCUT2D eigenvalue weighted by molar-refractivity contribution is -0.115. The molecule has 0 radical (unpaired) electrons. The molecule has 1 N–H and O–H groups in total. The van der Waals surface area contributed by atoms with Crippen molar-refractivity contribution in [3.8, 4) is 0 Å². The zero-order valence-corrected chi connectivity index (χ0v) is 10.9. The van der Waals surface area contributed by atoms with Gasteiger partial charge in [-0.2, -0.15) is 0 Å². The Kier molecular flexibility index (Phi) is 2.85. The first-order chi connectivity index (χ1) is 9.13. The third-order valence-corrected chi connectivity index (χ3v) is 3.60. The first-order valence-electron chi connectivity index (χ1n) is 6.51. The number of rotatable bonds is 1.